The Balaban J connectivity index is 1.31. The van der Waals surface area contributed by atoms with E-state index in [1.807, 2.05) is 30.3 Å². The molecule has 1 heterocycles. The van der Waals surface area contributed by atoms with Crippen molar-refractivity contribution in [3.8, 4) is 10.4 Å². The molecule has 0 aliphatic rings. The van der Waals surface area contributed by atoms with Crippen LogP contribution in [-0.2, 0) is 0 Å². The van der Waals surface area contributed by atoms with Gasteiger partial charge < -0.3 is 10.6 Å². The van der Waals surface area contributed by atoms with Crippen molar-refractivity contribution in [1.82, 2.24) is 0 Å². The number of thiophene rings is 1. The summed E-state index contributed by atoms with van der Waals surface area (Å²) in [6.07, 6.45) is 0. The van der Waals surface area contributed by atoms with Crippen LogP contribution in [0.15, 0.2) is 97.1 Å². The molecule has 0 spiro atoms. The van der Waals surface area contributed by atoms with Crippen molar-refractivity contribution in [2.24, 2.45) is 0 Å². The van der Waals surface area contributed by atoms with E-state index in [1.54, 1.807) is 72.0 Å². The standard InChI is InChI=1S/C28H18Cl2N2O2S/c29-21-7-11-23(12-8-21)31-27(33)18-3-1-17(2-4-18)25-15-19-5-6-20(16-26(19)35-25)28(34)32-24-13-9-22(30)10-14-24/h1-16H,(H,31,33)(H,32,34). The third kappa shape index (κ3) is 5.38. The Morgan fingerprint density at radius 1 is 0.600 bits per heavy atom. The van der Waals surface area contributed by atoms with E-state index in [0.29, 0.717) is 32.5 Å². The molecule has 35 heavy (non-hydrogen) atoms. The molecule has 5 rings (SSSR count). The zero-order chi connectivity index (χ0) is 24.4. The molecule has 0 unspecified atom stereocenters. The number of fused-ring (bicyclic) bond motifs is 1. The molecule has 0 bridgehead atoms. The fourth-order valence-corrected chi connectivity index (χ4v) is 4.93. The second kappa shape index (κ2) is 9.92. The molecule has 5 aromatic rings. The molecule has 1 aromatic heterocycles. The molecule has 0 atom stereocenters. The zero-order valence-electron chi connectivity index (χ0n) is 18.2. The van der Waals surface area contributed by atoms with E-state index in [9.17, 15) is 9.59 Å². The summed E-state index contributed by atoms with van der Waals surface area (Å²) in [6, 6.07) is 29.2. The number of nitrogens with one attached hydrogen (secondary N) is 2. The van der Waals surface area contributed by atoms with E-state index in [2.05, 4.69) is 16.7 Å². The van der Waals surface area contributed by atoms with Gasteiger partial charge in [-0.25, -0.2) is 0 Å². The van der Waals surface area contributed by atoms with Crippen molar-refractivity contribution in [1.29, 1.82) is 0 Å². The van der Waals surface area contributed by atoms with Crippen molar-refractivity contribution in [3.05, 3.63) is 118 Å². The quantitative estimate of drug-likeness (QED) is 0.246. The van der Waals surface area contributed by atoms with Gasteiger partial charge >= 0.3 is 0 Å². The maximum atomic E-state index is 12.7. The molecule has 0 saturated heterocycles. The first-order valence-electron chi connectivity index (χ1n) is 10.7. The van der Waals surface area contributed by atoms with Crippen molar-refractivity contribution >= 4 is 67.8 Å². The maximum absolute atomic E-state index is 12.7. The Hall–Kier alpha value is -3.64. The van der Waals surface area contributed by atoms with Crippen LogP contribution in [0.25, 0.3) is 20.5 Å². The van der Waals surface area contributed by atoms with Crippen LogP contribution < -0.4 is 10.6 Å². The van der Waals surface area contributed by atoms with Gasteiger partial charge in [-0.3, -0.25) is 9.59 Å². The minimum absolute atomic E-state index is 0.180. The van der Waals surface area contributed by atoms with Gasteiger partial charge in [0.2, 0.25) is 0 Å². The van der Waals surface area contributed by atoms with Gasteiger partial charge in [0, 0.05) is 42.1 Å². The lowest BCUT2D eigenvalue weighted by Crippen LogP contribution is -2.11. The van der Waals surface area contributed by atoms with E-state index < -0.39 is 0 Å². The molecule has 2 N–H and O–H groups in total. The molecular formula is C28H18Cl2N2O2S. The predicted octanol–water partition coefficient (Wildman–Crippen LogP) is 8.38. The van der Waals surface area contributed by atoms with Crippen LogP contribution in [-0.4, -0.2) is 11.8 Å². The Morgan fingerprint density at radius 2 is 1.11 bits per heavy atom. The van der Waals surface area contributed by atoms with E-state index in [0.717, 1.165) is 20.5 Å². The molecule has 0 radical (unpaired) electrons. The molecule has 7 heteroatoms. The summed E-state index contributed by atoms with van der Waals surface area (Å²) in [7, 11) is 0. The van der Waals surface area contributed by atoms with Crippen LogP contribution in [0.4, 0.5) is 11.4 Å². The molecule has 0 saturated carbocycles. The lowest BCUT2D eigenvalue weighted by molar-refractivity contribution is 0.101. The maximum Gasteiger partial charge on any atom is 0.255 e. The minimum atomic E-state index is -0.188. The highest BCUT2D eigenvalue weighted by atomic mass is 35.5. The van der Waals surface area contributed by atoms with Crippen molar-refractivity contribution in [2.75, 3.05) is 10.6 Å². The molecule has 0 aliphatic carbocycles. The van der Waals surface area contributed by atoms with E-state index in [1.165, 1.54) is 0 Å². The summed E-state index contributed by atoms with van der Waals surface area (Å²) in [5.41, 5.74) is 3.51. The number of hydrogen-bond donors (Lipinski definition) is 2. The average Bonchev–Trinajstić information content (AvgIpc) is 3.30. The first-order chi connectivity index (χ1) is 16.9. The van der Waals surface area contributed by atoms with Crippen LogP contribution in [0.2, 0.25) is 10.0 Å². The number of anilines is 2. The average molecular weight is 517 g/mol. The Morgan fingerprint density at radius 3 is 1.69 bits per heavy atom. The molecule has 4 nitrogen and oxygen atoms in total. The number of benzene rings is 4. The SMILES string of the molecule is O=C(Nc1ccc(Cl)cc1)c1ccc(-c2cc3ccc(C(=O)Nc4ccc(Cl)cc4)cc3s2)cc1. The fourth-order valence-electron chi connectivity index (χ4n) is 3.57. The highest BCUT2D eigenvalue weighted by Gasteiger charge is 2.11. The van der Waals surface area contributed by atoms with Gasteiger partial charge in [0.05, 0.1) is 0 Å². The summed E-state index contributed by atoms with van der Waals surface area (Å²) in [5.74, 6) is -0.369. The van der Waals surface area contributed by atoms with Crippen LogP contribution in [0.5, 0.6) is 0 Å². The number of halogens is 2. The van der Waals surface area contributed by atoms with Gasteiger partial charge in [-0.1, -0.05) is 41.4 Å². The number of hydrogen-bond acceptors (Lipinski definition) is 3. The van der Waals surface area contributed by atoms with Crippen LogP contribution in [0, 0.1) is 0 Å². The predicted molar refractivity (Wildman–Crippen MR) is 146 cm³/mol. The first kappa shape index (κ1) is 23.1. The van der Waals surface area contributed by atoms with E-state index in [4.69, 9.17) is 23.2 Å². The van der Waals surface area contributed by atoms with E-state index in [-0.39, 0.29) is 11.8 Å². The Bertz CT molecular complexity index is 1530. The highest BCUT2D eigenvalue weighted by molar-refractivity contribution is 7.22. The van der Waals surface area contributed by atoms with Crippen molar-refractivity contribution in [3.63, 3.8) is 0 Å². The lowest BCUT2D eigenvalue weighted by Gasteiger charge is -2.06. The first-order valence-corrected chi connectivity index (χ1v) is 12.3. The van der Waals surface area contributed by atoms with Gasteiger partial charge in [0.25, 0.3) is 11.8 Å². The number of carbonyl (C=O) groups is 2. The largest absolute Gasteiger partial charge is 0.322 e. The number of carbonyl (C=O) groups excluding carboxylic acids is 2. The van der Waals surface area contributed by atoms with Gasteiger partial charge in [0.1, 0.15) is 0 Å². The summed E-state index contributed by atoms with van der Waals surface area (Å²) < 4.78 is 1.01. The normalized spacial score (nSPS) is 10.8. The van der Waals surface area contributed by atoms with Gasteiger partial charge in [-0.15, -0.1) is 11.3 Å². The van der Waals surface area contributed by atoms with Crippen molar-refractivity contribution in [2.45, 2.75) is 0 Å². The zero-order valence-corrected chi connectivity index (χ0v) is 20.5. The molecule has 4 aromatic carbocycles. The van der Waals surface area contributed by atoms with Crippen molar-refractivity contribution < 1.29 is 9.59 Å². The summed E-state index contributed by atoms with van der Waals surface area (Å²) >= 11 is 13.4. The number of rotatable bonds is 5. The summed E-state index contributed by atoms with van der Waals surface area (Å²) in [6.45, 7) is 0. The molecular weight excluding hydrogens is 499 g/mol. The molecule has 172 valence electrons. The molecule has 0 aliphatic heterocycles. The molecule has 0 fully saturated rings. The van der Waals surface area contributed by atoms with Gasteiger partial charge in [-0.2, -0.15) is 0 Å². The smallest absolute Gasteiger partial charge is 0.255 e. The van der Waals surface area contributed by atoms with Gasteiger partial charge in [0.15, 0.2) is 0 Å². The highest BCUT2D eigenvalue weighted by Crippen LogP contribution is 2.34. The second-order valence-corrected chi connectivity index (χ2v) is 9.82. The minimum Gasteiger partial charge on any atom is -0.322 e. The Kier molecular flexibility index (Phi) is 6.55. The monoisotopic (exact) mass is 516 g/mol. The van der Waals surface area contributed by atoms with E-state index >= 15 is 0 Å². The number of amides is 2. The third-order valence-electron chi connectivity index (χ3n) is 5.42. The lowest BCUT2D eigenvalue weighted by atomic mass is 10.1. The fraction of sp³-hybridized carbons (Fsp3) is 0. The molecule has 2 amide bonds. The third-order valence-corrected chi connectivity index (χ3v) is 7.07. The van der Waals surface area contributed by atoms with Crippen LogP contribution in [0.3, 0.4) is 0 Å². The Labute approximate surface area is 216 Å². The topological polar surface area (TPSA) is 58.2 Å². The van der Waals surface area contributed by atoms with Crippen LogP contribution in [0.1, 0.15) is 20.7 Å². The van der Waals surface area contributed by atoms with Gasteiger partial charge in [-0.05, 0) is 89.8 Å². The van der Waals surface area contributed by atoms with Crippen LogP contribution >= 0.6 is 34.5 Å². The summed E-state index contributed by atoms with van der Waals surface area (Å²) in [5, 5.41) is 8.04. The summed E-state index contributed by atoms with van der Waals surface area (Å²) in [4.78, 5) is 26.3. The second-order valence-electron chi connectivity index (χ2n) is 7.86.